The quantitative estimate of drug-likeness (QED) is 0.889. The van der Waals surface area contributed by atoms with Crippen LogP contribution in [0.3, 0.4) is 0 Å². The molecule has 0 spiro atoms. The first-order valence-electron chi connectivity index (χ1n) is 6.25. The predicted molar refractivity (Wildman–Crippen MR) is 63.3 cm³/mol. The van der Waals surface area contributed by atoms with Gasteiger partial charge in [0.05, 0.1) is 5.92 Å². The molecular weight excluding hydrogens is 238 g/mol. The van der Waals surface area contributed by atoms with Crippen LogP contribution >= 0.6 is 0 Å². The second-order valence-corrected chi connectivity index (χ2v) is 4.95. The fourth-order valence-corrected chi connectivity index (χ4v) is 2.69. The van der Waals surface area contributed by atoms with Crippen molar-refractivity contribution in [2.45, 2.75) is 38.0 Å². The summed E-state index contributed by atoms with van der Waals surface area (Å²) in [6.07, 6.45) is 4.85. The molecule has 1 aromatic carbocycles. The molecule has 1 saturated carbocycles. The molecule has 1 fully saturated rings. The number of carboxylic acids is 1. The van der Waals surface area contributed by atoms with Gasteiger partial charge >= 0.3 is 5.97 Å². The Kier molecular flexibility index (Phi) is 3.94. The molecule has 1 atom stereocenters. The molecule has 1 N–H and O–H groups in total. The van der Waals surface area contributed by atoms with Crippen LogP contribution in [0.1, 0.15) is 43.6 Å². The first kappa shape index (κ1) is 13.0. The van der Waals surface area contributed by atoms with Gasteiger partial charge in [-0.1, -0.05) is 31.7 Å². The molecule has 0 aliphatic heterocycles. The zero-order valence-electron chi connectivity index (χ0n) is 10.0. The molecule has 1 unspecified atom stereocenters. The maximum absolute atomic E-state index is 13.1. The topological polar surface area (TPSA) is 37.3 Å². The minimum absolute atomic E-state index is 0.355. The Morgan fingerprint density at radius 3 is 2.50 bits per heavy atom. The minimum Gasteiger partial charge on any atom is -0.481 e. The average molecular weight is 254 g/mol. The van der Waals surface area contributed by atoms with E-state index in [9.17, 15) is 18.7 Å². The summed E-state index contributed by atoms with van der Waals surface area (Å²) in [4.78, 5) is 11.3. The number of halogens is 2. The number of carbonyl (C=O) groups is 1. The lowest BCUT2D eigenvalue weighted by Crippen LogP contribution is -2.15. The number of rotatable bonds is 4. The number of hydrogen-bond acceptors (Lipinski definition) is 1. The third-order valence-corrected chi connectivity index (χ3v) is 3.69. The Morgan fingerprint density at radius 2 is 1.94 bits per heavy atom. The van der Waals surface area contributed by atoms with Crippen LogP contribution < -0.4 is 0 Å². The molecule has 1 aliphatic carbocycles. The standard InChI is InChI=1S/C14H16F2O2/c15-12-6-5-10(8-13(12)16)11(14(17)18)7-9-3-1-2-4-9/h5-6,8-9,11H,1-4,7H2,(H,17,18). The van der Waals surface area contributed by atoms with Crippen molar-refractivity contribution in [3.05, 3.63) is 35.4 Å². The van der Waals surface area contributed by atoms with Gasteiger partial charge in [0, 0.05) is 0 Å². The SMILES string of the molecule is O=C(O)C(CC1CCCC1)c1ccc(F)c(F)c1. The van der Waals surface area contributed by atoms with Gasteiger partial charge in [-0.3, -0.25) is 4.79 Å². The highest BCUT2D eigenvalue weighted by Crippen LogP contribution is 2.34. The molecule has 0 saturated heterocycles. The van der Waals surface area contributed by atoms with E-state index in [4.69, 9.17) is 0 Å². The van der Waals surface area contributed by atoms with E-state index in [0.29, 0.717) is 17.9 Å². The highest BCUT2D eigenvalue weighted by atomic mass is 19.2. The van der Waals surface area contributed by atoms with E-state index in [0.717, 1.165) is 37.8 Å². The smallest absolute Gasteiger partial charge is 0.310 e. The highest BCUT2D eigenvalue weighted by molar-refractivity contribution is 5.76. The second-order valence-electron chi connectivity index (χ2n) is 4.95. The zero-order valence-corrected chi connectivity index (χ0v) is 10.0. The van der Waals surface area contributed by atoms with Crippen LogP contribution in [0, 0.1) is 17.6 Å². The Hall–Kier alpha value is -1.45. The third kappa shape index (κ3) is 2.86. The Bertz CT molecular complexity index is 439. The van der Waals surface area contributed by atoms with Crippen molar-refractivity contribution < 1.29 is 18.7 Å². The molecule has 0 heterocycles. The number of benzene rings is 1. The van der Waals surface area contributed by atoms with E-state index in [2.05, 4.69) is 0 Å². The largest absolute Gasteiger partial charge is 0.481 e. The molecule has 2 rings (SSSR count). The van der Waals surface area contributed by atoms with Crippen molar-refractivity contribution in [1.29, 1.82) is 0 Å². The van der Waals surface area contributed by atoms with Crippen LogP contribution in [0.25, 0.3) is 0 Å². The van der Waals surface area contributed by atoms with Crippen molar-refractivity contribution in [2.75, 3.05) is 0 Å². The molecule has 2 nitrogen and oxygen atoms in total. The summed E-state index contributed by atoms with van der Waals surface area (Å²) < 4.78 is 26.0. The van der Waals surface area contributed by atoms with E-state index in [1.807, 2.05) is 0 Å². The number of hydrogen-bond donors (Lipinski definition) is 1. The summed E-state index contributed by atoms with van der Waals surface area (Å²) in [5.74, 6) is -3.23. The number of aliphatic carboxylic acids is 1. The van der Waals surface area contributed by atoms with Crippen LogP contribution in [-0.2, 0) is 4.79 Å². The van der Waals surface area contributed by atoms with Gasteiger partial charge in [-0.15, -0.1) is 0 Å². The zero-order chi connectivity index (χ0) is 13.1. The van der Waals surface area contributed by atoms with Gasteiger partial charge in [-0.2, -0.15) is 0 Å². The van der Waals surface area contributed by atoms with E-state index < -0.39 is 23.5 Å². The van der Waals surface area contributed by atoms with Crippen molar-refractivity contribution >= 4 is 5.97 Å². The molecular formula is C14H16F2O2. The van der Waals surface area contributed by atoms with E-state index in [-0.39, 0.29) is 0 Å². The van der Waals surface area contributed by atoms with Gasteiger partial charge in [0.15, 0.2) is 11.6 Å². The summed E-state index contributed by atoms with van der Waals surface area (Å²) in [5, 5.41) is 9.23. The fraction of sp³-hybridized carbons (Fsp3) is 0.500. The molecule has 0 amide bonds. The first-order valence-corrected chi connectivity index (χ1v) is 6.25. The van der Waals surface area contributed by atoms with Gasteiger partial charge in [0.2, 0.25) is 0 Å². The van der Waals surface area contributed by atoms with Gasteiger partial charge in [-0.25, -0.2) is 8.78 Å². The monoisotopic (exact) mass is 254 g/mol. The van der Waals surface area contributed by atoms with Crippen LogP contribution in [0.5, 0.6) is 0 Å². The predicted octanol–water partition coefficient (Wildman–Crippen LogP) is 3.71. The van der Waals surface area contributed by atoms with Gasteiger partial charge in [0.25, 0.3) is 0 Å². The van der Waals surface area contributed by atoms with Crippen LogP contribution in [0.2, 0.25) is 0 Å². The molecule has 1 aromatic rings. The van der Waals surface area contributed by atoms with Crippen molar-refractivity contribution in [1.82, 2.24) is 0 Å². The maximum atomic E-state index is 13.1. The van der Waals surface area contributed by atoms with Crippen LogP contribution in [-0.4, -0.2) is 11.1 Å². The van der Waals surface area contributed by atoms with Crippen molar-refractivity contribution in [3.63, 3.8) is 0 Å². The maximum Gasteiger partial charge on any atom is 0.310 e. The first-order chi connectivity index (χ1) is 8.58. The van der Waals surface area contributed by atoms with Gasteiger partial charge in [-0.05, 0) is 30.0 Å². The number of carboxylic acid groups (broad SMARTS) is 1. The molecule has 1 aliphatic rings. The lowest BCUT2D eigenvalue weighted by molar-refractivity contribution is -0.139. The molecule has 4 heteroatoms. The summed E-state index contributed by atoms with van der Waals surface area (Å²) in [6.45, 7) is 0. The van der Waals surface area contributed by atoms with Crippen molar-refractivity contribution in [2.24, 2.45) is 5.92 Å². The molecule has 0 radical (unpaired) electrons. The summed E-state index contributed by atoms with van der Waals surface area (Å²) in [5.41, 5.74) is 0.355. The summed E-state index contributed by atoms with van der Waals surface area (Å²) >= 11 is 0. The van der Waals surface area contributed by atoms with Crippen LogP contribution in [0.4, 0.5) is 8.78 Å². The van der Waals surface area contributed by atoms with Crippen LogP contribution in [0.15, 0.2) is 18.2 Å². The summed E-state index contributed by atoms with van der Waals surface area (Å²) in [6, 6.07) is 3.37. The lowest BCUT2D eigenvalue weighted by atomic mass is 9.88. The fourth-order valence-electron chi connectivity index (χ4n) is 2.69. The highest BCUT2D eigenvalue weighted by Gasteiger charge is 2.26. The Labute approximate surface area is 105 Å². The average Bonchev–Trinajstić information content (AvgIpc) is 2.82. The molecule has 18 heavy (non-hydrogen) atoms. The Balaban J connectivity index is 2.17. The van der Waals surface area contributed by atoms with Crippen molar-refractivity contribution in [3.8, 4) is 0 Å². The van der Waals surface area contributed by atoms with Gasteiger partial charge in [0.1, 0.15) is 0 Å². The summed E-state index contributed by atoms with van der Waals surface area (Å²) in [7, 11) is 0. The van der Waals surface area contributed by atoms with E-state index in [1.165, 1.54) is 6.07 Å². The molecule has 0 aromatic heterocycles. The lowest BCUT2D eigenvalue weighted by Gasteiger charge is -2.17. The van der Waals surface area contributed by atoms with E-state index in [1.54, 1.807) is 0 Å². The molecule has 0 bridgehead atoms. The second kappa shape index (κ2) is 5.46. The third-order valence-electron chi connectivity index (χ3n) is 3.69. The minimum atomic E-state index is -0.981. The molecule has 98 valence electrons. The normalized spacial score (nSPS) is 17.9. The van der Waals surface area contributed by atoms with Gasteiger partial charge < -0.3 is 5.11 Å². The Morgan fingerprint density at radius 1 is 1.28 bits per heavy atom. The van der Waals surface area contributed by atoms with E-state index >= 15 is 0 Å².